The summed E-state index contributed by atoms with van der Waals surface area (Å²) < 4.78 is 0. The van der Waals surface area contributed by atoms with Gasteiger partial charge >= 0.3 is 0 Å². The first-order valence-corrected chi connectivity index (χ1v) is 7.49. The molecule has 0 bridgehead atoms. The van der Waals surface area contributed by atoms with Crippen molar-refractivity contribution in [2.75, 3.05) is 0 Å². The van der Waals surface area contributed by atoms with Crippen molar-refractivity contribution < 1.29 is 9.59 Å². The van der Waals surface area contributed by atoms with Crippen LogP contribution in [0.15, 0.2) is 10.2 Å². The van der Waals surface area contributed by atoms with Gasteiger partial charge in [0.2, 0.25) is 12.8 Å². The van der Waals surface area contributed by atoms with Crippen LogP contribution in [0.4, 0.5) is 0 Å². The maximum absolute atomic E-state index is 8.58. The molecule has 0 aromatic rings. The van der Waals surface area contributed by atoms with Crippen LogP contribution in [0, 0.1) is 0 Å². The molecule has 0 heterocycles. The predicted molar refractivity (Wildman–Crippen MR) is 79.1 cm³/mol. The van der Waals surface area contributed by atoms with Crippen molar-refractivity contribution in [3.63, 3.8) is 0 Å². The van der Waals surface area contributed by atoms with E-state index in [1.165, 1.54) is 64.2 Å². The summed E-state index contributed by atoms with van der Waals surface area (Å²) in [5, 5.41) is 9.06. The van der Waals surface area contributed by atoms with E-state index in [2.05, 4.69) is 21.7 Å². The Morgan fingerprint density at radius 1 is 0.650 bits per heavy atom. The molecule has 6 nitrogen and oxygen atoms in total. The number of hydrogen-bond donors (Lipinski definition) is 2. The van der Waals surface area contributed by atoms with Crippen molar-refractivity contribution in [1.29, 1.82) is 0 Å². The third-order valence-electron chi connectivity index (χ3n) is 3.54. The molecule has 2 fully saturated rings. The molecule has 0 radical (unpaired) electrons. The number of amides is 2. The van der Waals surface area contributed by atoms with E-state index in [0.29, 0.717) is 12.1 Å². The molecule has 2 amide bonds. The van der Waals surface area contributed by atoms with Crippen molar-refractivity contribution in [2.45, 2.75) is 76.3 Å². The largest absolute Gasteiger partial charge is 0.372 e. The fraction of sp³-hybridized carbons (Fsp3) is 0.857. The molecule has 116 valence electrons. The van der Waals surface area contributed by atoms with E-state index in [0.717, 1.165) is 0 Å². The molecule has 0 atom stereocenters. The summed E-state index contributed by atoms with van der Waals surface area (Å²) in [4.78, 5) is 17.2. The van der Waals surface area contributed by atoms with Crippen LogP contribution in [-0.2, 0) is 9.59 Å². The molecule has 2 saturated carbocycles. The number of nitrogens with zero attached hydrogens (tertiary/aromatic N) is 2. The Morgan fingerprint density at radius 3 is 1.15 bits per heavy atom. The minimum absolute atomic E-state index is 0.250. The van der Waals surface area contributed by atoms with Gasteiger partial charge in [-0.25, -0.2) is 0 Å². The molecule has 2 aliphatic carbocycles. The molecule has 2 aliphatic rings. The molecule has 0 aliphatic heterocycles. The van der Waals surface area contributed by atoms with Crippen LogP contribution in [-0.4, -0.2) is 24.9 Å². The summed E-state index contributed by atoms with van der Waals surface area (Å²) in [7, 11) is 0. The van der Waals surface area contributed by atoms with Crippen LogP contribution in [0.25, 0.3) is 0 Å². The molecular formula is C14H28N4O2. The lowest BCUT2D eigenvalue weighted by molar-refractivity contribution is -0.107. The predicted octanol–water partition coefficient (Wildman–Crippen LogP) is 2.31. The van der Waals surface area contributed by atoms with Gasteiger partial charge in [0.05, 0.1) is 12.1 Å². The molecular weight excluding hydrogens is 256 g/mol. The van der Waals surface area contributed by atoms with Crippen molar-refractivity contribution in [1.82, 2.24) is 0 Å². The average Bonchev–Trinajstić information content (AvgIpc) is 2.49. The highest BCUT2D eigenvalue weighted by molar-refractivity contribution is 5.42. The molecule has 0 spiro atoms. The second kappa shape index (κ2) is 14.0. The highest BCUT2D eigenvalue weighted by Crippen LogP contribution is 2.24. The van der Waals surface area contributed by atoms with Crippen LogP contribution in [0.5, 0.6) is 0 Å². The SMILES string of the molecule is C1CCC(N=NC2CCCCC2)CC1.NC=O.NC=O. The zero-order valence-electron chi connectivity index (χ0n) is 12.2. The normalized spacial score (nSPS) is 20.2. The Hall–Kier alpha value is -1.46. The number of hydrogen-bond acceptors (Lipinski definition) is 4. The van der Waals surface area contributed by atoms with E-state index in [-0.39, 0.29) is 12.8 Å². The first-order valence-electron chi connectivity index (χ1n) is 7.49. The second-order valence-corrected chi connectivity index (χ2v) is 5.09. The molecule has 2 rings (SSSR count). The van der Waals surface area contributed by atoms with Gasteiger partial charge in [-0.3, -0.25) is 9.59 Å². The summed E-state index contributed by atoms with van der Waals surface area (Å²) in [6.45, 7) is 0. The molecule has 6 heteroatoms. The molecule has 4 N–H and O–H groups in total. The first-order chi connectivity index (χ1) is 9.78. The lowest BCUT2D eigenvalue weighted by atomic mass is 9.95. The van der Waals surface area contributed by atoms with E-state index in [1.807, 2.05) is 0 Å². The van der Waals surface area contributed by atoms with Crippen LogP contribution in [0.1, 0.15) is 64.2 Å². The van der Waals surface area contributed by atoms with Crippen molar-refractivity contribution in [3.8, 4) is 0 Å². The Labute approximate surface area is 121 Å². The maximum atomic E-state index is 8.58. The highest BCUT2D eigenvalue weighted by atomic mass is 16.1. The number of carbonyl (C=O) groups excluding carboxylic acids is 2. The Morgan fingerprint density at radius 2 is 0.900 bits per heavy atom. The maximum Gasteiger partial charge on any atom is 0.204 e. The minimum Gasteiger partial charge on any atom is -0.372 e. The van der Waals surface area contributed by atoms with E-state index >= 15 is 0 Å². The van der Waals surface area contributed by atoms with Gasteiger partial charge in [0, 0.05) is 0 Å². The number of primary amides is 2. The van der Waals surface area contributed by atoms with Gasteiger partial charge in [0.25, 0.3) is 0 Å². The number of rotatable bonds is 2. The van der Waals surface area contributed by atoms with Crippen LogP contribution in [0.2, 0.25) is 0 Å². The molecule has 0 saturated heterocycles. The fourth-order valence-corrected chi connectivity index (χ4v) is 2.58. The first kappa shape index (κ1) is 18.5. The monoisotopic (exact) mass is 284 g/mol. The number of nitrogens with two attached hydrogens (primary N) is 2. The molecule has 20 heavy (non-hydrogen) atoms. The summed E-state index contributed by atoms with van der Waals surface area (Å²) >= 11 is 0. The smallest absolute Gasteiger partial charge is 0.204 e. The Balaban J connectivity index is 0.000000520. The third-order valence-corrected chi connectivity index (χ3v) is 3.54. The lowest BCUT2D eigenvalue weighted by Gasteiger charge is -2.19. The van der Waals surface area contributed by atoms with Crippen LogP contribution in [0.3, 0.4) is 0 Å². The summed E-state index contributed by atoms with van der Waals surface area (Å²) in [6, 6.07) is 1.15. The third kappa shape index (κ3) is 10.5. The minimum atomic E-state index is 0.250. The van der Waals surface area contributed by atoms with Crippen molar-refractivity contribution in [3.05, 3.63) is 0 Å². The van der Waals surface area contributed by atoms with Crippen LogP contribution < -0.4 is 11.5 Å². The van der Waals surface area contributed by atoms with Gasteiger partial charge in [-0.1, -0.05) is 38.5 Å². The van der Waals surface area contributed by atoms with Crippen LogP contribution >= 0.6 is 0 Å². The van der Waals surface area contributed by atoms with Gasteiger partial charge in [-0.05, 0) is 25.7 Å². The number of azo groups is 1. The Bertz CT molecular complexity index is 234. The molecule has 0 unspecified atom stereocenters. The average molecular weight is 284 g/mol. The van der Waals surface area contributed by atoms with Crippen molar-refractivity contribution >= 4 is 12.8 Å². The zero-order valence-corrected chi connectivity index (χ0v) is 12.2. The lowest BCUT2D eigenvalue weighted by Crippen LogP contribution is -2.12. The topological polar surface area (TPSA) is 111 Å². The van der Waals surface area contributed by atoms with E-state index in [9.17, 15) is 0 Å². The fourth-order valence-electron chi connectivity index (χ4n) is 2.58. The summed E-state index contributed by atoms with van der Waals surface area (Å²) in [5.41, 5.74) is 8.33. The highest BCUT2D eigenvalue weighted by Gasteiger charge is 2.15. The van der Waals surface area contributed by atoms with Crippen molar-refractivity contribution in [2.24, 2.45) is 21.7 Å². The second-order valence-electron chi connectivity index (χ2n) is 5.09. The Kier molecular flexibility index (Phi) is 12.9. The van der Waals surface area contributed by atoms with E-state index in [4.69, 9.17) is 9.59 Å². The summed E-state index contributed by atoms with van der Waals surface area (Å²) in [6.07, 6.45) is 14.0. The quantitative estimate of drug-likeness (QED) is 0.599. The van der Waals surface area contributed by atoms with E-state index in [1.54, 1.807) is 0 Å². The number of carbonyl (C=O) groups is 2. The van der Waals surface area contributed by atoms with Gasteiger partial charge in [0.1, 0.15) is 0 Å². The molecule has 0 aromatic heterocycles. The standard InChI is InChI=1S/C12H22N2.2CH3NO/c1-3-7-11(8-4-1)13-14-12-9-5-2-6-10-12;2*2-1-3/h11-12H,1-10H2;2*1H,(H2,2,3). The van der Waals surface area contributed by atoms with Gasteiger partial charge in [-0.2, -0.15) is 10.2 Å². The van der Waals surface area contributed by atoms with Gasteiger partial charge < -0.3 is 11.5 Å². The van der Waals surface area contributed by atoms with Gasteiger partial charge in [0.15, 0.2) is 0 Å². The molecule has 0 aromatic carbocycles. The van der Waals surface area contributed by atoms with E-state index < -0.39 is 0 Å². The summed E-state index contributed by atoms with van der Waals surface area (Å²) in [5.74, 6) is 0. The zero-order chi connectivity index (χ0) is 15.1. The van der Waals surface area contributed by atoms with Gasteiger partial charge in [-0.15, -0.1) is 0 Å².